The van der Waals surface area contributed by atoms with E-state index in [-0.39, 0.29) is 18.8 Å². The van der Waals surface area contributed by atoms with Crippen LogP contribution < -0.4 is 0 Å². The highest BCUT2D eigenvalue weighted by atomic mass is 32.2. The van der Waals surface area contributed by atoms with E-state index in [2.05, 4.69) is 11.3 Å². The van der Waals surface area contributed by atoms with Crippen LogP contribution in [0.1, 0.15) is 0 Å². The number of hydrogen-bond acceptors (Lipinski definition) is 4. The summed E-state index contributed by atoms with van der Waals surface area (Å²) in [5.74, 6) is -0.199. The molecular weight excluding hydrogens is 156 g/mol. The molecular formula is C5H8O4S. The van der Waals surface area contributed by atoms with Crippen LogP contribution in [0, 0.1) is 0 Å². The minimum Gasteiger partial charge on any atom is -0.467 e. The minimum atomic E-state index is -3.21. The van der Waals surface area contributed by atoms with E-state index in [0.717, 1.165) is 5.41 Å². The zero-order valence-corrected chi connectivity index (χ0v) is 6.13. The van der Waals surface area contributed by atoms with Gasteiger partial charge in [0.2, 0.25) is 0 Å². The average molecular weight is 164 g/mol. The summed E-state index contributed by atoms with van der Waals surface area (Å²) < 4.78 is 25.3. The molecule has 0 atom stereocenters. The largest absolute Gasteiger partial charge is 0.467 e. The van der Waals surface area contributed by atoms with Crippen LogP contribution in [-0.2, 0) is 19.4 Å². The van der Waals surface area contributed by atoms with E-state index in [4.69, 9.17) is 0 Å². The minimum absolute atomic E-state index is 0.113. The third kappa shape index (κ3) is 4.08. The topological polar surface area (TPSA) is 60.4 Å². The van der Waals surface area contributed by atoms with E-state index in [1.807, 2.05) is 0 Å². The van der Waals surface area contributed by atoms with Crippen molar-refractivity contribution in [2.75, 3.05) is 12.4 Å². The van der Waals surface area contributed by atoms with Gasteiger partial charge in [0, 0.05) is 5.41 Å². The third-order valence-electron chi connectivity index (χ3n) is 0.808. The number of sulfone groups is 1. The van der Waals surface area contributed by atoms with Crippen molar-refractivity contribution in [1.29, 1.82) is 0 Å². The van der Waals surface area contributed by atoms with Gasteiger partial charge in [-0.2, -0.15) is 0 Å². The third-order valence-corrected chi connectivity index (χ3v) is 2.05. The summed E-state index contributed by atoms with van der Waals surface area (Å²) in [6, 6.07) is 0. The molecule has 4 nitrogen and oxygen atoms in total. The summed E-state index contributed by atoms with van der Waals surface area (Å²) in [4.78, 5) is 9.54. The van der Waals surface area contributed by atoms with Gasteiger partial charge in [-0.15, -0.1) is 0 Å². The SMILES string of the molecule is C=CS(=O)(=O)CCOC=O. The highest BCUT2D eigenvalue weighted by molar-refractivity contribution is 7.94. The van der Waals surface area contributed by atoms with Gasteiger partial charge in [-0.3, -0.25) is 4.79 Å². The summed E-state index contributed by atoms with van der Waals surface area (Å²) in [7, 11) is -3.21. The van der Waals surface area contributed by atoms with Crippen LogP contribution in [0.15, 0.2) is 12.0 Å². The Morgan fingerprint density at radius 2 is 2.10 bits per heavy atom. The van der Waals surface area contributed by atoms with E-state index in [1.165, 1.54) is 0 Å². The zero-order chi connectivity index (χ0) is 8.04. The number of carbonyl (C=O) groups excluding carboxylic acids is 1. The number of carbonyl (C=O) groups is 1. The normalized spacial score (nSPS) is 10.4. The van der Waals surface area contributed by atoms with Crippen molar-refractivity contribution < 1.29 is 17.9 Å². The Morgan fingerprint density at radius 3 is 2.50 bits per heavy atom. The quantitative estimate of drug-likeness (QED) is 0.414. The van der Waals surface area contributed by atoms with Gasteiger partial charge in [0.1, 0.15) is 6.61 Å². The standard InChI is InChI=1S/C5H8O4S/c1-2-10(7,8)4-3-9-5-6/h2,5H,1,3-4H2. The Labute approximate surface area is 59.4 Å². The lowest BCUT2D eigenvalue weighted by atomic mass is 10.9. The maximum atomic E-state index is 10.6. The monoisotopic (exact) mass is 164 g/mol. The molecule has 0 saturated carbocycles. The second-order valence-corrected chi connectivity index (χ2v) is 3.57. The van der Waals surface area contributed by atoms with Gasteiger partial charge in [0.15, 0.2) is 9.84 Å². The molecule has 0 aromatic rings. The van der Waals surface area contributed by atoms with Crippen LogP contribution in [0.2, 0.25) is 0 Å². The Bertz CT molecular complexity index is 204. The fraction of sp³-hybridized carbons (Fsp3) is 0.400. The van der Waals surface area contributed by atoms with E-state index in [9.17, 15) is 13.2 Å². The van der Waals surface area contributed by atoms with Crippen molar-refractivity contribution >= 4 is 16.3 Å². The number of rotatable bonds is 5. The molecule has 58 valence electrons. The number of hydrogen-bond donors (Lipinski definition) is 0. The second-order valence-electron chi connectivity index (χ2n) is 1.50. The predicted molar refractivity (Wildman–Crippen MR) is 36.0 cm³/mol. The van der Waals surface area contributed by atoms with Gasteiger partial charge in [0.25, 0.3) is 6.47 Å². The first-order valence-electron chi connectivity index (χ1n) is 2.53. The first-order chi connectivity index (χ1) is 4.62. The summed E-state index contributed by atoms with van der Waals surface area (Å²) >= 11 is 0. The van der Waals surface area contributed by atoms with Crippen molar-refractivity contribution in [2.24, 2.45) is 0 Å². The van der Waals surface area contributed by atoms with E-state index in [0.29, 0.717) is 0 Å². The maximum absolute atomic E-state index is 10.6. The predicted octanol–water partition coefficient (Wildman–Crippen LogP) is -0.282. The van der Waals surface area contributed by atoms with E-state index < -0.39 is 9.84 Å². The van der Waals surface area contributed by atoms with Crippen molar-refractivity contribution in [3.05, 3.63) is 12.0 Å². The highest BCUT2D eigenvalue weighted by Gasteiger charge is 2.02. The van der Waals surface area contributed by atoms with Crippen molar-refractivity contribution in [3.63, 3.8) is 0 Å². The lowest BCUT2D eigenvalue weighted by molar-refractivity contribution is -0.128. The van der Waals surface area contributed by atoms with Crippen LogP contribution in [0.4, 0.5) is 0 Å². The lowest BCUT2D eigenvalue weighted by Crippen LogP contribution is -2.08. The fourth-order valence-electron chi connectivity index (χ4n) is 0.296. The summed E-state index contributed by atoms with van der Waals surface area (Å²) in [5, 5.41) is 0.834. The first kappa shape index (κ1) is 9.16. The van der Waals surface area contributed by atoms with E-state index in [1.54, 1.807) is 0 Å². The fourth-order valence-corrected chi connectivity index (χ4v) is 0.791. The van der Waals surface area contributed by atoms with E-state index >= 15 is 0 Å². The molecule has 0 N–H and O–H groups in total. The molecule has 0 saturated heterocycles. The van der Waals surface area contributed by atoms with Crippen molar-refractivity contribution in [3.8, 4) is 0 Å². The Balaban J connectivity index is 3.69. The molecule has 0 bridgehead atoms. The maximum Gasteiger partial charge on any atom is 0.293 e. The van der Waals surface area contributed by atoms with Gasteiger partial charge in [-0.1, -0.05) is 6.58 Å². The molecule has 0 fully saturated rings. The molecule has 0 aliphatic heterocycles. The Hall–Kier alpha value is -0.840. The van der Waals surface area contributed by atoms with Gasteiger partial charge >= 0.3 is 0 Å². The van der Waals surface area contributed by atoms with Gasteiger partial charge in [-0.25, -0.2) is 8.42 Å². The molecule has 0 rings (SSSR count). The molecule has 0 spiro atoms. The number of ether oxygens (including phenoxy) is 1. The molecule has 0 aromatic carbocycles. The van der Waals surface area contributed by atoms with Crippen LogP contribution in [0.5, 0.6) is 0 Å². The van der Waals surface area contributed by atoms with Gasteiger partial charge < -0.3 is 4.74 Å². The van der Waals surface area contributed by atoms with Crippen LogP contribution in [0.25, 0.3) is 0 Å². The molecule has 0 unspecified atom stereocenters. The Kier molecular flexibility index (Phi) is 3.71. The average Bonchev–Trinajstić information content (AvgIpc) is 1.89. The first-order valence-corrected chi connectivity index (χ1v) is 4.24. The summed E-state index contributed by atoms with van der Waals surface area (Å²) in [6.45, 7) is 3.17. The van der Waals surface area contributed by atoms with Gasteiger partial charge in [0.05, 0.1) is 5.75 Å². The zero-order valence-electron chi connectivity index (χ0n) is 5.32. The summed E-state index contributed by atoms with van der Waals surface area (Å²) in [6.07, 6.45) is 0. The molecule has 5 heteroatoms. The molecule has 0 aliphatic rings. The second kappa shape index (κ2) is 4.05. The van der Waals surface area contributed by atoms with Gasteiger partial charge in [-0.05, 0) is 0 Å². The van der Waals surface area contributed by atoms with Crippen molar-refractivity contribution in [1.82, 2.24) is 0 Å². The molecule has 0 amide bonds. The van der Waals surface area contributed by atoms with Crippen LogP contribution in [-0.4, -0.2) is 27.2 Å². The molecule has 0 aromatic heterocycles. The molecule has 0 radical (unpaired) electrons. The highest BCUT2D eigenvalue weighted by Crippen LogP contribution is 1.88. The van der Waals surface area contributed by atoms with Crippen LogP contribution >= 0.6 is 0 Å². The molecule has 0 heterocycles. The van der Waals surface area contributed by atoms with Crippen LogP contribution in [0.3, 0.4) is 0 Å². The lowest BCUT2D eigenvalue weighted by Gasteiger charge is -1.95. The van der Waals surface area contributed by atoms with Crippen molar-refractivity contribution in [2.45, 2.75) is 0 Å². The smallest absolute Gasteiger partial charge is 0.293 e. The molecule has 0 aliphatic carbocycles. The summed E-state index contributed by atoms with van der Waals surface area (Å²) in [5.41, 5.74) is 0. The molecule has 10 heavy (non-hydrogen) atoms. The Morgan fingerprint density at radius 1 is 1.50 bits per heavy atom.